The number of rotatable bonds is 4. The van der Waals surface area contributed by atoms with Gasteiger partial charge in [0, 0.05) is 13.0 Å². The molecule has 0 saturated heterocycles. The summed E-state index contributed by atoms with van der Waals surface area (Å²) in [6.07, 6.45) is 0.286. The van der Waals surface area contributed by atoms with Crippen LogP contribution >= 0.6 is 0 Å². The number of amides is 1. The number of nitrogens with one attached hydrogen (secondary N) is 1. The molecular formula is C18H16F2N2O2. The molecule has 1 heterocycles. The highest BCUT2D eigenvalue weighted by atomic mass is 19.1. The molecule has 4 nitrogen and oxygen atoms in total. The molecular weight excluding hydrogens is 314 g/mol. The second-order valence-electron chi connectivity index (χ2n) is 5.85. The van der Waals surface area contributed by atoms with Gasteiger partial charge in [0.1, 0.15) is 11.6 Å². The summed E-state index contributed by atoms with van der Waals surface area (Å²) in [5.74, 6) is -0.973. The Hall–Kier alpha value is -2.76. The summed E-state index contributed by atoms with van der Waals surface area (Å²) in [7, 11) is 0. The molecule has 3 rings (SSSR count). The van der Waals surface area contributed by atoms with E-state index in [1.165, 1.54) is 24.3 Å². The van der Waals surface area contributed by atoms with Crippen LogP contribution in [0, 0.1) is 11.6 Å². The fourth-order valence-electron chi connectivity index (χ4n) is 2.43. The molecule has 0 aliphatic carbocycles. The molecule has 0 aromatic heterocycles. The third-order valence-corrected chi connectivity index (χ3v) is 3.89. The van der Waals surface area contributed by atoms with E-state index in [4.69, 9.17) is 4.84 Å². The molecule has 1 amide bonds. The molecule has 1 atom stereocenters. The average molecular weight is 330 g/mol. The van der Waals surface area contributed by atoms with Gasteiger partial charge in [0.2, 0.25) is 5.60 Å². The largest absolute Gasteiger partial charge is 0.379 e. The maximum Gasteiger partial charge on any atom is 0.267 e. The zero-order chi connectivity index (χ0) is 17.2. The van der Waals surface area contributed by atoms with Crippen molar-refractivity contribution < 1.29 is 18.4 Å². The number of carbonyl (C=O) groups is 1. The standard InChI is InChI=1S/C18H16F2N2O2/c1-18(17(23)21-11-12-2-6-14(19)7-3-12)10-16(22-24-18)13-4-8-15(20)9-5-13/h2-9H,10-11H2,1H3,(H,21,23). The Morgan fingerprint density at radius 1 is 1.12 bits per heavy atom. The van der Waals surface area contributed by atoms with Crippen LogP contribution in [0.15, 0.2) is 53.7 Å². The molecule has 1 aliphatic rings. The Labute approximate surface area is 138 Å². The fourth-order valence-corrected chi connectivity index (χ4v) is 2.43. The van der Waals surface area contributed by atoms with Gasteiger partial charge in [-0.3, -0.25) is 4.79 Å². The maximum absolute atomic E-state index is 13.0. The highest BCUT2D eigenvalue weighted by Gasteiger charge is 2.42. The second-order valence-corrected chi connectivity index (χ2v) is 5.85. The first-order chi connectivity index (χ1) is 11.5. The Kier molecular flexibility index (Phi) is 4.29. The van der Waals surface area contributed by atoms with Crippen LogP contribution in [0.5, 0.6) is 0 Å². The molecule has 24 heavy (non-hydrogen) atoms. The summed E-state index contributed by atoms with van der Waals surface area (Å²) in [5, 5.41) is 6.72. The molecule has 0 fully saturated rings. The third-order valence-electron chi connectivity index (χ3n) is 3.89. The van der Waals surface area contributed by atoms with Gasteiger partial charge >= 0.3 is 0 Å². The van der Waals surface area contributed by atoms with Crippen LogP contribution < -0.4 is 5.32 Å². The maximum atomic E-state index is 13.0. The molecule has 0 saturated carbocycles. The van der Waals surface area contributed by atoms with Gasteiger partial charge in [0.25, 0.3) is 5.91 Å². The minimum Gasteiger partial charge on any atom is -0.379 e. The van der Waals surface area contributed by atoms with E-state index in [-0.39, 0.29) is 30.5 Å². The van der Waals surface area contributed by atoms with Gasteiger partial charge in [-0.05, 0) is 42.3 Å². The van der Waals surface area contributed by atoms with Crippen LogP contribution in [0.3, 0.4) is 0 Å². The Bertz CT molecular complexity index is 773. The molecule has 1 N–H and O–H groups in total. The topological polar surface area (TPSA) is 50.7 Å². The third kappa shape index (κ3) is 3.42. The fraction of sp³-hybridized carbons (Fsp3) is 0.222. The van der Waals surface area contributed by atoms with E-state index in [1.807, 2.05) is 0 Å². The summed E-state index contributed by atoms with van der Waals surface area (Å²) in [6, 6.07) is 11.8. The summed E-state index contributed by atoms with van der Waals surface area (Å²) in [5.41, 5.74) is 0.968. The number of benzene rings is 2. The Morgan fingerprint density at radius 3 is 2.33 bits per heavy atom. The number of carbonyl (C=O) groups excluding carboxylic acids is 1. The molecule has 0 bridgehead atoms. The highest BCUT2D eigenvalue weighted by molar-refractivity contribution is 6.05. The zero-order valence-electron chi connectivity index (χ0n) is 13.1. The number of hydrogen-bond donors (Lipinski definition) is 1. The Balaban J connectivity index is 1.61. The van der Waals surface area contributed by atoms with Crippen molar-refractivity contribution in [1.82, 2.24) is 5.32 Å². The number of halogens is 2. The molecule has 0 radical (unpaired) electrons. The molecule has 6 heteroatoms. The van der Waals surface area contributed by atoms with Crippen molar-refractivity contribution in [3.05, 3.63) is 71.3 Å². The zero-order valence-corrected chi connectivity index (χ0v) is 13.1. The van der Waals surface area contributed by atoms with Crippen molar-refractivity contribution in [2.75, 3.05) is 0 Å². The van der Waals surface area contributed by atoms with Crippen LogP contribution in [-0.4, -0.2) is 17.2 Å². The lowest BCUT2D eigenvalue weighted by molar-refractivity contribution is -0.141. The number of nitrogens with zero attached hydrogens (tertiary/aromatic N) is 1. The van der Waals surface area contributed by atoms with E-state index >= 15 is 0 Å². The van der Waals surface area contributed by atoms with Crippen molar-refractivity contribution in [3.8, 4) is 0 Å². The van der Waals surface area contributed by atoms with Gasteiger partial charge in [0.05, 0.1) is 5.71 Å². The summed E-state index contributed by atoms with van der Waals surface area (Å²) < 4.78 is 25.9. The van der Waals surface area contributed by atoms with Gasteiger partial charge in [-0.15, -0.1) is 0 Å². The van der Waals surface area contributed by atoms with Crippen molar-refractivity contribution >= 4 is 11.6 Å². The molecule has 2 aromatic rings. The monoisotopic (exact) mass is 330 g/mol. The first kappa shape index (κ1) is 16.1. The average Bonchev–Trinajstić information content (AvgIpc) is 2.98. The van der Waals surface area contributed by atoms with Crippen LogP contribution in [0.25, 0.3) is 0 Å². The predicted molar refractivity (Wildman–Crippen MR) is 85.3 cm³/mol. The van der Waals surface area contributed by atoms with E-state index in [0.29, 0.717) is 11.3 Å². The van der Waals surface area contributed by atoms with Crippen LogP contribution in [-0.2, 0) is 16.2 Å². The quantitative estimate of drug-likeness (QED) is 0.936. The number of hydrogen-bond acceptors (Lipinski definition) is 3. The summed E-state index contributed by atoms with van der Waals surface area (Å²) in [4.78, 5) is 17.7. The van der Waals surface area contributed by atoms with E-state index in [1.54, 1.807) is 31.2 Å². The summed E-state index contributed by atoms with van der Waals surface area (Å²) in [6.45, 7) is 1.91. The normalized spacial score (nSPS) is 19.5. The lowest BCUT2D eigenvalue weighted by Gasteiger charge is -2.20. The minimum atomic E-state index is -1.12. The number of oxime groups is 1. The molecule has 0 spiro atoms. The van der Waals surface area contributed by atoms with Crippen molar-refractivity contribution in [3.63, 3.8) is 0 Å². The van der Waals surface area contributed by atoms with Crippen LogP contribution in [0.1, 0.15) is 24.5 Å². The van der Waals surface area contributed by atoms with Gasteiger partial charge in [0.15, 0.2) is 0 Å². The van der Waals surface area contributed by atoms with Crippen LogP contribution in [0.2, 0.25) is 0 Å². The molecule has 2 aromatic carbocycles. The second kappa shape index (κ2) is 6.39. The lowest BCUT2D eigenvalue weighted by atomic mass is 9.95. The van der Waals surface area contributed by atoms with E-state index < -0.39 is 5.60 Å². The smallest absolute Gasteiger partial charge is 0.267 e. The van der Waals surface area contributed by atoms with Crippen LogP contribution in [0.4, 0.5) is 8.78 Å². The molecule has 124 valence electrons. The first-order valence-electron chi connectivity index (χ1n) is 7.50. The van der Waals surface area contributed by atoms with E-state index in [2.05, 4.69) is 10.5 Å². The van der Waals surface area contributed by atoms with E-state index in [9.17, 15) is 13.6 Å². The van der Waals surface area contributed by atoms with Crippen molar-refractivity contribution in [1.29, 1.82) is 0 Å². The molecule has 1 unspecified atom stereocenters. The van der Waals surface area contributed by atoms with Gasteiger partial charge in [-0.1, -0.05) is 29.4 Å². The van der Waals surface area contributed by atoms with E-state index in [0.717, 1.165) is 5.56 Å². The Morgan fingerprint density at radius 2 is 1.71 bits per heavy atom. The van der Waals surface area contributed by atoms with Crippen molar-refractivity contribution in [2.24, 2.45) is 5.16 Å². The minimum absolute atomic E-state index is 0.268. The molecule has 1 aliphatic heterocycles. The van der Waals surface area contributed by atoms with Crippen molar-refractivity contribution in [2.45, 2.75) is 25.5 Å². The SMILES string of the molecule is CC1(C(=O)NCc2ccc(F)cc2)CC(c2ccc(F)cc2)=NO1. The highest BCUT2D eigenvalue weighted by Crippen LogP contribution is 2.27. The van der Waals surface area contributed by atoms with Gasteiger partial charge in [-0.2, -0.15) is 0 Å². The van der Waals surface area contributed by atoms with Gasteiger partial charge < -0.3 is 10.2 Å². The predicted octanol–water partition coefficient (Wildman–Crippen LogP) is 3.16. The summed E-state index contributed by atoms with van der Waals surface area (Å²) >= 11 is 0. The lowest BCUT2D eigenvalue weighted by Crippen LogP contribution is -2.44. The first-order valence-corrected chi connectivity index (χ1v) is 7.50. The van der Waals surface area contributed by atoms with Gasteiger partial charge in [-0.25, -0.2) is 8.78 Å².